The van der Waals surface area contributed by atoms with Crippen LogP contribution in [0.25, 0.3) is 0 Å². The first-order valence-electron chi connectivity index (χ1n) is 7.35. The standard InChI is InChI=1S/C15H23N3O2/c1-2-4-11-5-3-7-18(8-6-11)14-9-12(15(19)20)13(16)10-17-14/h9-11H,2-8,16H2,1H3,(H,19,20). The van der Waals surface area contributed by atoms with Gasteiger partial charge in [-0.2, -0.15) is 0 Å². The smallest absolute Gasteiger partial charge is 0.337 e. The van der Waals surface area contributed by atoms with Crippen LogP contribution < -0.4 is 10.6 Å². The molecule has 1 aliphatic heterocycles. The van der Waals surface area contributed by atoms with Crippen molar-refractivity contribution in [2.45, 2.75) is 39.0 Å². The molecule has 2 rings (SSSR count). The van der Waals surface area contributed by atoms with Gasteiger partial charge in [0.2, 0.25) is 0 Å². The Bertz CT molecular complexity index is 476. The van der Waals surface area contributed by atoms with E-state index in [1.807, 2.05) is 0 Å². The largest absolute Gasteiger partial charge is 0.478 e. The maximum atomic E-state index is 11.1. The van der Waals surface area contributed by atoms with Crippen molar-refractivity contribution in [3.63, 3.8) is 0 Å². The maximum Gasteiger partial charge on any atom is 0.337 e. The van der Waals surface area contributed by atoms with E-state index in [1.54, 1.807) is 6.07 Å². The fourth-order valence-electron chi connectivity index (χ4n) is 2.90. The number of carbonyl (C=O) groups is 1. The summed E-state index contributed by atoms with van der Waals surface area (Å²) in [7, 11) is 0. The molecule has 20 heavy (non-hydrogen) atoms. The molecule has 0 spiro atoms. The average Bonchev–Trinajstić information content (AvgIpc) is 2.65. The Morgan fingerprint density at radius 3 is 3.00 bits per heavy atom. The number of aromatic nitrogens is 1. The van der Waals surface area contributed by atoms with Gasteiger partial charge in [-0.25, -0.2) is 9.78 Å². The van der Waals surface area contributed by atoms with E-state index in [2.05, 4.69) is 16.8 Å². The molecule has 1 atom stereocenters. The van der Waals surface area contributed by atoms with Gasteiger partial charge < -0.3 is 15.7 Å². The summed E-state index contributed by atoms with van der Waals surface area (Å²) in [5.41, 5.74) is 6.02. The molecule has 3 N–H and O–H groups in total. The molecular formula is C15H23N3O2. The Morgan fingerprint density at radius 2 is 2.30 bits per heavy atom. The van der Waals surface area contributed by atoms with Gasteiger partial charge >= 0.3 is 5.97 Å². The molecule has 1 aromatic rings. The molecule has 0 aliphatic carbocycles. The van der Waals surface area contributed by atoms with Crippen molar-refractivity contribution in [3.05, 3.63) is 17.8 Å². The SMILES string of the molecule is CCCC1CCCN(c2cc(C(=O)O)c(N)cn2)CC1. The Labute approximate surface area is 119 Å². The minimum Gasteiger partial charge on any atom is -0.478 e. The molecule has 1 aromatic heterocycles. The first-order valence-corrected chi connectivity index (χ1v) is 7.35. The number of carboxylic acid groups (broad SMARTS) is 1. The van der Waals surface area contributed by atoms with E-state index in [9.17, 15) is 4.79 Å². The number of carboxylic acids is 1. The number of nitrogens with zero attached hydrogens (tertiary/aromatic N) is 2. The molecule has 5 nitrogen and oxygen atoms in total. The molecule has 1 fully saturated rings. The molecule has 0 aromatic carbocycles. The van der Waals surface area contributed by atoms with Crippen molar-refractivity contribution in [2.75, 3.05) is 23.7 Å². The number of anilines is 2. The Kier molecular flexibility index (Phi) is 4.82. The second-order valence-corrected chi connectivity index (χ2v) is 5.51. The Hall–Kier alpha value is -1.78. The summed E-state index contributed by atoms with van der Waals surface area (Å²) in [6.45, 7) is 4.11. The van der Waals surface area contributed by atoms with E-state index in [0.717, 1.165) is 37.7 Å². The fraction of sp³-hybridized carbons (Fsp3) is 0.600. The molecule has 0 amide bonds. The molecule has 0 bridgehead atoms. The van der Waals surface area contributed by atoms with Gasteiger partial charge in [0.1, 0.15) is 5.82 Å². The zero-order chi connectivity index (χ0) is 14.5. The van der Waals surface area contributed by atoms with Crippen molar-refractivity contribution >= 4 is 17.5 Å². The van der Waals surface area contributed by atoms with Crippen LogP contribution in [0, 0.1) is 5.92 Å². The summed E-state index contributed by atoms with van der Waals surface area (Å²) in [6.07, 6.45) is 7.51. The highest BCUT2D eigenvalue weighted by atomic mass is 16.4. The van der Waals surface area contributed by atoms with Gasteiger partial charge in [0.15, 0.2) is 0 Å². The van der Waals surface area contributed by atoms with Gasteiger partial charge in [-0.3, -0.25) is 0 Å². The predicted octanol–water partition coefficient (Wildman–Crippen LogP) is 2.77. The minimum absolute atomic E-state index is 0.143. The molecule has 110 valence electrons. The van der Waals surface area contributed by atoms with Gasteiger partial charge in [-0.05, 0) is 31.2 Å². The Balaban J connectivity index is 2.11. The number of pyridine rings is 1. The second kappa shape index (κ2) is 6.59. The molecule has 0 radical (unpaired) electrons. The van der Waals surface area contributed by atoms with Gasteiger partial charge in [0.05, 0.1) is 17.4 Å². The van der Waals surface area contributed by atoms with Gasteiger partial charge in [0, 0.05) is 13.1 Å². The lowest BCUT2D eigenvalue weighted by Gasteiger charge is -2.22. The van der Waals surface area contributed by atoms with Crippen LogP contribution in [0.1, 0.15) is 49.4 Å². The number of hydrogen-bond acceptors (Lipinski definition) is 4. The summed E-state index contributed by atoms with van der Waals surface area (Å²) < 4.78 is 0. The van der Waals surface area contributed by atoms with E-state index in [-0.39, 0.29) is 11.3 Å². The van der Waals surface area contributed by atoms with Crippen LogP contribution in [-0.4, -0.2) is 29.1 Å². The number of hydrogen-bond donors (Lipinski definition) is 2. The topological polar surface area (TPSA) is 79.5 Å². The van der Waals surface area contributed by atoms with Crippen LogP contribution in [0.4, 0.5) is 11.5 Å². The molecular weight excluding hydrogens is 254 g/mol. The van der Waals surface area contributed by atoms with E-state index in [4.69, 9.17) is 10.8 Å². The number of nitrogens with two attached hydrogens (primary N) is 1. The lowest BCUT2D eigenvalue weighted by molar-refractivity contribution is 0.0698. The maximum absolute atomic E-state index is 11.1. The quantitative estimate of drug-likeness (QED) is 0.884. The highest BCUT2D eigenvalue weighted by molar-refractivity contribution is 5.94. The summed E-state index contributed by atoms with van der Waals surface area (Å²) >= 11 is 0. The lowest BCUT2D eigenvalue weighted by Crippen LogP contribution is -2.25. The van der Waals surface area contributed by atoms with Crippen LogP contribution in [0.5, 0.6) is 0 Å². The van der Waals surface area contributed by atoms with Crippen molar-refractivity contribution in [1.29, 1.82) is 0 Å². The van der Waals surface area contributed by atoms with Gasteiger partial charge in [-0.1, -0.05) is 19.8 Å². The van der Waals surface area contributed by atoms with Crippen LogP contribution in [0.15, 0.2) is 12.3 Å². The van der Waals surface area contributed by atoms with E-state index >= 15 is 0 Å². The van der Waals surface area contributed by atoms with Gasteiger partial charge in [0.25, 0.3) is 0 Å². The van der Waals surface area contributed by atoms with Crippen molar-refractivity contribution in [3.8, 4) is 0 Å². The van der Waals surface area contributed by atoms with Gasteiger partial charge in [-0.15, -0.1) is 0 Å². The van der Waals surface area contributed by atoms with E-state index in [1.165, 1.54) is 25.5 Å². The molecule has 0 saturated carbocycles. The second-order valence-electron chi connectivity index (χ2n) is 5.51. The molecule has 1 unspecified atom stereocenters. The molecule has 1 saturated heterocycles. The Morgan fingerprint density at radius 1 is 1.50 bits per heavy atom. The van der Waals surface area contributed by atoms with Crippen LogP contribution >= 0.6 is 0 Å². The molecule has 1 aliphatic rings. The van der Waals surface area contributed by atoms with Crippen LogP contribution in [0.2, 0.25) is 0 Å². The first kappa shape index (κ1) is 14.6. The third-order valence-electron chi connectivity index (χ3n) is 4.02. The molecule has 2 heterocycles. The highest BCUT2D eigenvalue weighted by Crippen LogP contribution is 2.25. The molecule has 5 heteroatoms. The zero-order valence-corrected chi connectivity index (χ0v) is 12.0. The number of nitrogen functional groups attached to an aromatic ring is 1. The van der Waals surface area contributed by atoms with Crippen molar-refractivity contribution < 1.29 is 9.90 Å². The summed E-state index contributed by atoms with van der Waals surface area (Å²) in [6, 6.07) is 1.60. The van der Waals surface area contributed by atoms with E-state index in [0.29, 0.717) is 0 Å². The van der Waals surface area contributed by atoms with Crippen molar-refractivity contribution in [1.82, 2.24) is 4.98 Å². The normalized spacial score (nSPS) is 19.6. The monoisotopic (exact) mass is 277 g/mol. The minimum atomic E-state index is -0.996. The number of aromatic carboxylic acids is 1. The van der Waals surface area contributed by atoms with Crippen LogP contribution in [-0.2, 0) is 0 Å². The number of rotatable bonds is 4. The summed E-state index contributed by atoms with van der Waals surface area (Å²) in [5.74, 6) is 0.524. The third kappa shape index (κ3) is 3.40. The lowest BCUT2D eigenvalue weighted by atomic mass is 9.96. The average molecular weight is 277 g/mol. The zero-order valence-electron chi connectivity index (χ0n) is 12.0. The van der Waals surface area contributed by atoms with Crippen LogP contribution in [0.3, 0.4) is 0 Å². The third-order valence-corrected chi connectivity index (χ3v) is 4.02. The summed E-state index contributed by atoms with van der Waals surface area (Å²) in [4.78, 5) is 17.6. The fourth-order valence-corrected chi connectivity index (χ4v) is 2.90. The first-order chi connectivity index (χ1) is 9.61. The summed E-state index contributed by atoms with van der Waals surface area (Å²) in [5, 5.41) is 9.13. The predicted molar refractivity (Wildman–Crippen MR) is 80.1 cm³/mol. The van der Waals surface area contributed by atoms with Crippen molar-refractivity contribution in [2.24, 2.45) is 5.92 Å². The highest BCUT2D eigenvalue weighted by Gasteiger charge is 2.19. The van der Waals surface area contributed by atoms with E-state index < -0.39 is 5.97 Å².